The van der Waals surface area contributed by atoms with Crippen LogP contribution < -0.4 is 0 Å². The number of hydrogen-bond donors (Lipinski definition) is 0. The molecule has 0 spiro atoms. The molecule has 206 valence electrons. The van der Waals surface area contributed by atoms with Gasteiger partial charge in [-0.05, 0) is 71.3 Å². The summed E-state index contributed by atoms with van der Waals surface area (Å²) in [5, 5.41) is 5.02. The van der Waals surface area contributed by atoms with Crippen LogP contribution in [0.5, 0.6) is 0 Å². The van der Waals surface area contributed by atoms with E-state index in [4.69, 9.17) is 0 Å². The molecule has 0 saturated carbocycles. The summed E-state index contributed by atoms with van der Waals surface area (Å²) in [5.74, 6) is 0. The van der Waals surface area contributed by atoms with Crippen LogP contribution in [0.4, 0.5) is 0 Å². The first-order valence-electron chi connectivity index (χ1n) is 15.1. The summed E-state index contributed by atoms with van der Waals surface area (Å²) in [6, 6.07) is 61.4. The van der Waals surface area contributed by atoms with Crippen LogP contribution in [0.1, 0.15) is 0 Å². The van der Waals surface area contributed by atoms with E-state index in [2.05, 4.69) is 179 Å². The van der Waals surface area contributed by atoms with E-state index in [9.17, 15) is 0 Å². The van der Waals surface area contributed by atoms with Crippen LogP contribution in [0.3, 0.4) is 0 Å². The predicted octanol–water partition coefficient (Wildman–Crippen LogP) is 11.2. The van der Waals surface area contributed by atoms with E-state index in [1.54, 1.807) is 0 Å². The lowest BCUT2D eigenvalue weighted by Gasteiger charge is -2.14. The standard InChI is InChI=1S/C42H28N2/c1-4-14-29(15-5-1)31-26-36(30-16-6-2-7-17-30)42-38(27-31)37-28-33(24-25-41(37)44(42)32-18-8-3-9-19-32)43-39-22-12-10-20-34(39)35-21-11-13-23-40(35)43/h1-28H. The van der Waals surface area contributed by atoms with Gasteiger partial charge in [-0.15, -0.1) is 0 Å². The fourth-order valence-electron chi connectivity index (χ4n) is 6.96. The smallest absolute Gasteiger partial charge is 0.0619 e. The highest BCUT2D eigenvalue weighted by atomic mass is 15.0. The highest BCUT2D eigenvalue weighted by Gasteiger charge is 2.20. The zero-order valence-electron chi connectivity index (χ0n) is 24.1. The third kappa shape index (κ3) is 3.75. The summed E-state index contributed by atoms with van der Waals surface area (Å²) in [6.07, 6.45) is 0. The molecule has 0 aliphatic carbocycles. The Bertz CT molecular complexity index is 2410. The fraction of sp³-hybridized carbons (Fsp3) is 0. The number of nitrogens with zero attached hydrogens (tertiary/aromatic N) is 2. The molecule has 0 aliphatic rings. The summed E-state index contributed by atoms with van der Waals surface area (Å²) in [7, 11) is 0. The van der Waals surface area contributed by atoms with Crippen LogP contribution in [-0.4, -0.2) is 9.13 Å². The van der Waals surface area contributed by atoms with Gasteiger partial charge in [-0.2, -0.15) is 0 Å². The maximum Gasteiger partial charge on any atom is 0.0619 e. The molecule has 0 bridgehead atoms. The molecule has 0 amide bonds. The van der Waals surface area contributed by atoms with Crippen molar-refractivity contribution in [3.8, 4) is 33.6 Å². The number of rotatable bonds is 4. The molecule has 9 rings (SSSR count). The van der Waals surface area contributed by atoms with E-state index in [0.717, 1.165) is 11.4 Å². The molecule has 0 saturated heterocycles. The fourth-order valence-corrected chi connectivity index (χ4v) is 6.96. The Labute approximate surface area is 255 Å². The molecule has 2 heteroatoms. The highest BCUT2D eigenvalue weighted by molar-refractivity contribution is 6.16. The SMILES string of the molecule is c1ccc(-c2cc(-c3ccccc3)c3c(c2)c2cc(-n4c5ccccc5c5ccccc54)ccc2n3-c2ccccc2)cc1. The Balaban J connectivity index is 1.44. The summed E-state index contributed by atoms with van der Waals surface area (Å²) >= 11 is 0. The molecular weight excluding hydrogens is 532 g/mol. The van der Waals surface area contributed by atoms with E-state index in [-0.39, 0.29) is 0 Å². The number of para-hydroxylation sites is 3. The Hall–Kier alpha value is -5.86. The van der Waals surface area contributed by atoms with Crippen molar-refractivity contribution in [1.82, 2.24) is 9.13 Å². The van der Waals surface area contributed by atoms with Crippen LogP contribution >= 0.6 is 0 Å². The lowest BCUT2D eigenvalue weighted by Crippen LogP contribution is -1.96. The van der Waals surface area contributed by atoms with E-state index in [0.29, 0.717) is 0 Å². The van der Waals surface area contributed by atoms with Gasteiger partial charge in [0, 0.05) is 38.5 Å². The molecule has 0 aliphatic heterocycles. The van der Waals surface area contributed by atoms with Gasteiger partial charge >= 0.3 is 0 Å². The molecule has 7 aromatic carbocycles. The van der Waals surface area contributed by atoms with Gasteiger partial charge in [0.15, 0.2) is 0 Å². The van der Waals surface area contributed by atoms with Gasteiger partial charge in [-0.25, -0.2) is 0 Å². The molecule has 9 aromatic rings. The van der Waals surface area contributed by atoms with Crippen molar-refractivity contribution >= 4 is 43.6 Å². The largest absolute Gasteiger partial charge is 0.309 e. The zero-order chi connectivity index (χ0) is 29.0. The third-order valence-electron chi connectivity index (χ3n) is 8.89. The number of hydrogen-bond acceptors (Lipinski definition) is 0. The second kappa shape index (κ2) is 9.86. The first-order valence-corrected chi connectivity index (χ1v) is 15.1. The van der Waals surface area contributed by atoms with Crippen molar-refractivity contribution in [1.29, 1.82) is 0 Å². The van der Waals surface area contributed by atoms with E-state index >= 15 is 0 Å². The molecule has 0 atom stereocenters. The second-order valence-corrected chi connectivity index (χ2v) is 11.4. The summed E-state index contributed by atoms with van der Waals surface area (Å²) in [6.45, 7) is 0. The van der Waals surface area contributed by atoms with Crippen molar-refractivity contribution in [3.63, 3.8) is 0 Å². The number of benzene rings is 7. The number of fused-ring (bicyclic) bond motifs is 6. The van der Waals surface area contributed by atoms with Crippen molar-refractivity contribution in [2.75, 3.05) is 0 Å². The van der Waals surface area contributed by atoms with Gasteiger partial charge in [0.2, 0.25) is 0 Å². The zero-order valence-corrected chi connectivity index (χ0v) is 24.1. The highest BCUT2D eigenvalue weighted by Crippen LogP contribution is 2.42. The molecular formula is C42H28N2. The van der Waals surface area contributed by atoms with Gasteiger partial charge in [0.05, 0.1) is 22.1 Å². The van der Waals surface area contributed by atoms with Gasteiger partial charge in [-0.3, -0.25) is 0 Å². The minimum atomic E-state index is 1.15. The van der Waals surface area contributed by atoms with E-state index in [1.807, 2.05) is 0 Å². The van der Waals surface area contributed by atoms with Crippen LogP contribution in [0.15, 0.2) is 170 Å². The van der Waals surface area contributed by atoms with Crippen LogP contribution in [0.2, 0.25) is 0 Å². The topological polar surface area (TPSA) is 9.86 Å². The minimum absolute atomic E-state index is 1.15. The quantitative estimate of drug-likeness (QED) is 0.203. The van der Waals surface area contributed by atoms with Gasteiger partial charge in [0.25, 0.3) is 0 Å². The molecule has 0 unspecified atom stereocenters. The summed E-state index contributed by atoms with van der Waals surface area (Å²) in [4.78, 5) is 0. The van der Waals surface area contributed by atoms with E-state index < -0.39 is 0 Å². The van der Waals surface area contributed by atoms with Crippen LogP contribution in [0.25, 0.3) is 77.2 Å². The first kappa shape index (κ1) is 24.7. The predicted molar refractivity (Wildman–Crippen MR) is 186 cm³/mol. The first-order chi connectivity index (χ1) is 21.8. The van der Waals surface area contributed by atoms with Crippen molar-refractivity contribution in [2.24, 2.45) is 0 Å². The summed E-state index contributed by atoms with van der Waals surface area (Å²) < 4.78 is 4.85. The van der Waals surface area contributed by atoms with Crippen molar-refractivity contribution in [2.45, 2.75) is 0 Å². The molecule has 44 heavy (non-hydrogen) atoms. The average Bonchev–Trinajstić information content (AvgIpc) is 3.62. The Morgan fingerprint density at radius 1 is 0.295 bits per heavy atom. The van der Waals surface area contributed by atoms with Crippen molar-refractivity contribution in [3.05, 3.63) is 170 Å². The second-order valence-electron chi connectivity index (χ2n) is 11.4. The molecule has 0 radical (unpaired) electrons. The lowest BCUT2D eigenvalue weighted by molar-refractivity contribution is 1.17. The van der Waals surface area contributed by atoms with Crippen LogP contribution in [0, 0.1) is 0 Å². The Kier molecular flexibility index (Phi) is 5.54. The lowest BCUT2D eigenvalue weighted by atomic mass is 9.95. The molecule has 0 N–H and O–H groups in total. The Morgan fingerprint density at radius 2 is 0.841 bits per heavy atom. The third-order valence-corrected chi connectivity index (χ3v) is 8.89. The molecule has 0 fully saturated rings. The maximum absolute atomic E-state index is 2.44. The van der Waals surface area contributed by atoms with E-state index in [1.165, 1.54) is 65.9 Å². The minimum Gasteiger partial charge on any atom is -0.309 e. The molecule has 2 aromatic heterocycles. The Morgan fingerprint density at radius 3 is 1.50 bits per heavy atom. The normalized spacial score (nSPS) is 11.6. The van der Waals surface area contributed by atoms with Crippen LogP contribution in [-0.2, 0) is 0 Å². The number of aromatic nitrogens is 2. The summed E-state index contributed by atoms with van der Waals surface area (Å²) in [5.41, 5.74) is 12.0. The molecule has 2 heterocycles. The van der Waals surface area contributed by atoms with Crippen molar-refractivity contribution < 1.29 is 0 Å². The average molecular weight is 561 g/mol. The van der Waals surface area contributed by atoms with Gasteiger partial charge < -0.3 is 9.13 Å². The monoisotopic (exact) mass is 560 g/mol. The molecule has 2 nitrogen and oxygen atoms in total. The maximum atomic E-state index is 2.44. The van der Waals surface area contributed by atoms with Gasteiger partial charge in [-0.1, -0.05) is 115 Å². The van der Waals surface area contributed by atoms with Gasteiger partial charge in [0.1, 0.15) is 0 Å².